The Morgan fingerprint density at radius 3 is 2.62 bits per heavy atom. The standard InChI is InChI=1S/C11H18FN3O/c1-5-13-11-9(12)7(3)14-10(15-11)8(4)16-6-2/h8H,5-6H2,1-4H3,(H,13,14,15). The van der Waals surface area contributed by atoms with Crippen molar-refractivity contribution in [2.75, 3.05) is 18.5 Å². The third kappa shape index (κ3) is 2.88. The van der Waals surface area contributed by atoms with E-state index in [1.165, 1.54) is 0 Å². The molecule has 1 atom stereocenters. The Morgan fingerprint density at radius 1 is 1.38 bits per heavy atom. The van der Waals surface area contributed by atoms with E-state index in [0.717, 1.165) is 0 Å². The predicted octanol–water partition coefficient (Wildman–Crippen LogP) is 2.45. The first-order valence-corrected chi connectivity index (χ1v) is 5.49. The van der Waals surface area contributed by atoms with Gasteiger partial charge in [-0.25, -0.2) is 14.4 Å². The molecule has 0 fully saturated rings. The van der Waals surface area contributed by atoms with E-state index in [1.807, 2.05) is 20.8 Å². The molecule has 90 valence electrons. The van der Waals surface area contributed by atoms with Gasteiger partial charge in [0.05, 0.1) is 5.69 Å². The highest BCUT2D eigenvalue weighted by atomic mass is 19.1. The second-order valence-electron chi connectivity index (χ2n) is 3.46. The van der Waals surface area contributed by atoms with Crippen LogP contribution in [-0.2, 0) is 4.74 Å². The molecular weight excluding hydrogens is 209 g/mol. The number of rotatable bonds is 5. The molecule has 1 heterocycles. The summed E-state index contributed by atoms with van der Waals surface area (Å²) in [6.07, 6.45) is -0.221. The molecule has 16 heavy (non-hydrogen) atoms. The van der Waals surface area contributed by atoms with Crippen molar-refractivity contribution >= 4 is 5.82 Å². The Kier molecular flexibility index (Phi) is 4.61. The molecular formula is C11H18FN3O. The summed E-state index contributed by atoms with van der Waals surface area (Å²) in [4.78, 5) is 8.20. The van der Waals surface area contributed by atoms with E-state index in [0.29, 0.717) is 24.7 Å². The zero-order valence-corrected chi connectivity index (χ0v) is 10.2. The van der Waals surface area contributed by atoms with E-state index in [9.17, 15) is 4.39 Å². The normalized spacial score (nSPS) is 12.6. The predicted molar refractivity (Wildman–Crippen MR) is 60.9 cm³/mol. The molecule has 1 N–H and O–H groups in total. The highest BCUT2D eigenvalue weighted by molar-refractivity contribution is 5.38. The Balaban J connectivity index is 3.03. The van der Waals surface area contributed by atoms with Crippen LogP contribution >= 0.6 is 0 Å². The second-order valence-corrected chi connectivity index (χ2v) is 3.46. The van der Waals surface area contributed by atoms with Gasteiger partial charge in [0.25, 0.3) is 0 Å². The van der Waals surface area contributed by atoms with Crippen LogP contribution in [0.15, 0.2) is 0 Å². The van der Waals surface area contributed by atoms with E-state index in [4.69, 9.17) is 4.74 Å². The lowest BCUT2D eigenvalue weighted by Crippen LogP contribution is -2.12. The molecule has 5 heteroatoms. The average Bonchev–Trinajstić information content (AvgIpc) is 2.25. The van der Waals surface area contributed by atoms with Crippen LogP contribution < -0.4 is 5.32 Å². The van der Waals surface area contributed by atoms with Crippen molar-refractivity contribution in [2.45, 2.75) is 33.8 Å². The van der Waals surface area contributed by atoms with Crippen LogP contribution in [0.2, 0.25) is 0 Å². The van der Waals surface area contributed by atoms with Gasteiger partial charge in [-0.3, -0.25) is 0 Å². The van der Waals surface area contributed by atoms with Gasteiger partial charge in [-0.05, 0) is 27.7 Å². The number of aromatic nitrogens is 2. The summed E-state index contributed by atoms with van der Waals surface area (Å²) in [6, 6.07) is 0. The fourth-order valence-corrected chi connectivity index (χ4v) is 1.37. The smallest absolute Gasteiger partial charge is 0.186 e. The van der Waals surface area contributed by atoms with Crippen molar-refractivity contribution in [1.82, 2.24) is 9.97 Å². The number of ether oxygens (including phenoxy) is 1. The van der Waals surface area contributed by atoms with E-state index >= 15 is 0 Å². The topological polar surface area (TPSA) is 47.0 Å². The van der Waals surface area contributed by atoms with E-state index < -0.39 is 5.82 Å². The number of aryl methyl sites for hydroxylation is 1. The molecule has 0 bridgehead atoms. The minimum atomic E-state index is -0.394. The van der Waals surface area contributed by atoms with Crippen LogP contribution in [0.25, 0.3) is 0 Å². The zero-order chi connectivity index (χ0) is 12.1. The second kappa shape index (κ2) is 5.75. The maximum Gasteiger partial charge on any atom is 0.186 e. The first-order valence-electron chi connectivity index (χ1n) is 5.49. The Hall–Kier alpha value is -1.23. The van der Waals surface area contributed by atoms with Gasteiger partial charge in [-0.15, -0.1) is 0 Å². The van der Waals surface area contributed by atoms with Crippen LogP contribution in [0.4, 0.5) is 10.2 Å². The van der Waals surface area contributed by atoms with Gasteiger partial charge in [0.2, 0.25) is 0 Å². The minimum absolute atomic E-state index is 0.221. The van der Waals surface area contributed by atoms with Gasteiger partial charge in [0, 0.05) is 13.2 Å². The molecule has 0 saturated heterocycles. The average molecular weight is 227 g/mol. The molecule has 1 aromatic rings. The lowest BCUT2D eigenvalue weighted by atomic mass is 10.3. The van der Waals surface area contributed by atoms with Crippen molar-refractivity contribution in [2.24, 2.45) is 0 Å². The van der Waals surface area contributed by atoms with Gasteiger partial charge in [0.15, 0.2) is 17.5 Å². The summed E-state index contributed by atoms with van der Waals surface area (Å²) in [7, 11) is 0. The molecule has 0 aliphatic heterocycles. The van der Waals surface area contributed by atoms with Crippen LogP contribution in [-0.4, -0.2) is 23.1 Å². The minimum Gasteiger partial charge on any atom is -0.371 e. The first-order chi connectivity index (χ1) is 7.60. The van der Waals surface area contributed by atoms with Gasteiger partial charge < -0.3 is 10.1 Å². The number of hydrogen-bond donors (Lipinski definition) is 1. The van der Waals surface area contributed by atoms with Crippen molar-refractivity contribution < 1.29 is 9.13 Å². The molecule has 4 nitrogen and oxygen atoms in total. The van der Waals surface area contributed by atoms with Gasteiger partial charge in [-0.1, -0.05) is 0 Å². The largest absolute Gasteiger partial charge is 0.371 e. The van der Waals surface area contributed by atoms with Crippen LogP contribution in [0.3, 0.4) is 0 Å². The SMILES string of the molecule is CCNc1nc(C(C)OCC)nc(C)c1F. The molecule has 0 aliphatic carbocycles. The molecule has 1 unspecified atom stereocenters. The number of nitrogens with one attached hydrogen (secondary N) is 1. The van der Waals surface area contributed by atoms with Crippen LogP contribution in [0.5, 0.6) is 0 Å². The molecule has 0 amide bonds. The van der Waals surface area contributed by atoms with Gasteiger partial charge in [-0.2, -0.15) is 0 Å². The number of nitrogens with zero attached hydrogens (tertiary/aromatic N) is 2. The third-order valence-corrected chi connectivity index (χ3v) is 2.16. The fourth-order valence-electron chi connectivity index (χ4n) is 1.37. The van der Waals surface area contributed by atoms with Crippen LogP contribution in [0.1, 0.15) is 38.4 Å². The quantitative estimate of drug-likeness (QED) is 0.839. The highest BCUT2D eigenvalue weighted by Gasteiger charge is 2.15. The Bertz CT molecular complexity index is 357. The molecule has 0 aliphatic rings. The summed E-state index contributed by atoms with van der Waals surface area (Å²) in [5.74, 6) is 0.363. The van der Waals surface area contributed by atoms with Crippen LogP contribution in [0, 0.1) is 12.7 Å². The lowest BCUT2D eigenvalue weighted by Gasteiger charge is -2.13. The molecule has 0 radical (unpaired) electrons. The van der Waals surface area contributed by atoms with E-state index in [-0.39, 0.29) is 11.9 Å². The lowest BCUT2D eigenvalue weighted by molar-refractivity contribution is 0.0699. The first kappa shape index (κ1) is 12.8. The molecule has 0 aromatic carbocycles. The molecule has 0 spiro atoms. The fraction of sp³-hybridized carbons (Fsp3) is 0.636. The maximum absolute atomic E-state index is 13.6. The molecule has 1 aromatic heterocycles. The van der Waals surface area contributed by atoms with E-state index in [2.05, 4.69) is 15.3 Å². The van der Waals surface area contributed by atoms with Crippen molar-refractivity contribution in [3.05, 3.63) is 17.3 Å². The highest BCUT2D eigenvalue weighted by Crippen LogP contribution is 2.19. The Labute approximate surface area is 95.3 Å². The maximum atomic E-state index is 13.6. The zero-order valence-electron chi connectivity index (χ0n) is 10.2. The molecule has 1 rings (SSSR count). The summed E-state index contributed by atoms with van der Waals surface area (Å²) < 4.78 is 19.0. The summed E-state index contributed by atoms with van der Waals surface area (Å²) in [5, 5.41) is 2.87. The molecule has 0 saturated carbocycles. The van der Waals surface area contributed by atoms with Gasteiger partial charge in [0.1, 0.15) is 6.10 Å². The third-order valence-electron chi connectivity index (χ3n) is 2.16. The van der Waals surface area contributed by atoms with Gasteiger partial charge >= 0.3 is 0 Å². The van der Waals surface area contributed by atoms with Crippen molar-refractivity contribution in [1.29, 1.82) is 0 Å². The summed E-state index contributed by atoms with van der Waals surface area (Å²) >= 11 is 0. The van der Waals surface area contributed by atoms with E-state index in [1.54, 1.807) is 6.92 Å². The number of anilines is 1. The number of halogens is 1. The van der Waals surface area contributed by atoms with Crippen molar-refractivity contribution in [3.63, 3.8) is 0 Å². The van der Waals surface area contributed by atoms with Crippen molar-refractivity contribution in [3.8, 4) is 0 Å². The summed E-state index contributed by atoms with van der Waals surface area (Å²) in [6.45, 7) is 8.47. The summed E-state index contributed by atoms with van der Waals surface area (Å²) in [5.41, 5.74) is 0.340. The Morgan fingerprint density at radius 2 is 2.06 bits per heavy atom. The number of hydrogen-bond acceptors (Lipinski definition) is 4. The monoisotopic (exact) mass is 227 g/mol.